The Bertz CT molecular complexity index is 561. The van der Waals surface area contributed by atoms with Crippen molar-refractivity contribution < 1.29 is 4.79 Å². The van der Waals surface area contributed by atoms with Gasteiger partial charge in [-0.3, -0.25) is 9.79 Å². The number of nitrogens with two attached hydrogens (primary N) is 1. The molecule has 1 aromatic heterocycles. The summed E-state index contributed by atoms with van der Waals surface area (Å²) in [5.74, 6) is 0.0322. The van der Waals surface area contributed by atoms with E-state index in [0.717, 1.165) is 37.1 Å². The summed E-state index contributed by atoms with van der Waals surface area (Å²) in [6.45, 7) is 8.24. The Hall–Kier alpha value is -1.88. The number of H-pyrrole nitrogens is 1. The first-order chi connectivity index (χ1) is 10.6. The van der Waals surface area contributed by atoms with Crippen LogP contribution >= 0.6 is 0 Å². The quantitative estimate of drug-likeness (QED) is 0.821. The second-order valence-electron chi connectivity index (χ2n) is 5.88. The highest BCUT2D eigenvalue weighted by Crippen LogP contribution is 2.25. The topological polar surface area (TPSA) is 74.5 Å². The van der Waals surface area contributed by atoms with Gasteiger partial charge in [0.25, 0.3) is 5.91 Å². The van der Waals surface area contributed by atoms with Crippen LogP contribution in [-0.2, 0) is 0 Å². The molecule has 2 atom stereocenters. The van der Waals surface area contributed by atoms with Crippen LogP contribution in [0.15, 0.2) is 23.7 Å². The van der Waals surface area contributed by atoms with Gasteiger partial charge in [0.15, 0.2) is 0 Å². The Labute approximate surface area is 132 Å². The van der Waals surface area contributed by atoms with Crippen molar-refractivity contribution in [2.45, 2.75) is 51.6 Å². The third kappa shape index (κ3) is 3.65. The Balaban J connectivity index is 2.17. The summed E-state index contributed by atoms with van der Waals surface area (Å²) in [6, 6.07) is 2.26. The van der Waals surface area contributed by atoms with Crippen molar-refractivity contribution in [1.82, 2.24) is 9.88 Å². The highest BCUT2D eigenvalue weighted by molar-refractivity contribution is 5.94. The molecule has 0 saturated heterocycles. The summed E-state index contributed by atoms with van der Waals surface area (Å²) < 4.78 is 0. The van der Waals surface area contributed by atoms with Crippen molar-refractivity contribution in [3.8, 4) is 0 Å². The number of nitrogens with zero attached hydrogens (tertiary/aromatic N) is 2. The predicted octanol–water partition coefficient (Wildman–Crippen LogP) is 2.94. The smallest absolute Gasteiger partial charge is 0.270 e. The fourth-order valence-corrected chi connectivity index (χ4v) is 3.14. The first kappa shape index (κ1) is 16.5. The molecule has 0 aliphatic heterocycles. The molecule has 5 nitrogen and oxygen atoms in total. The average molecular weight is 302 g/mol. The van der Waals surface area contributed by atoms with E-state index in [4.69, 9.17) is 5.73 Å². The van der Waals surface area contributed by atoms with Gasteiger partial charge in [0.05, 0.1) is 5.69 Å². The van der Waals surface area contributed by atoms with Gasteiger partial charge >= 0.3 is 0 Å². The summed E-state index contributed by atoms with van der Waals surface area (Å²) in [4.78, 5) is 22.2. The standard InChI is InChI=1S/C17H26N4O/c1-4-9-19-15-11-16(20-12(15)3)17(22)21(5-2)14-8-6-7-13(18)10-14/h4,9,11,13-14,20H,1,5-8,10,18H2,2-3H3/t13-,14+/m1/s1. The fraction of sp³-hybridized carbons (Fsp3) is 0.529. The maximum absolute atomic E-state index is 12.8. The predicted molar refractivity (Wildman–Crippen MR) is 90.8 cm³/mol. The molecule has 120 valence electrons. The van der Waals surface area contributed by atoms with Crippen molar-refractivity contribution >= 4 is 17.8 Å². The molecule has 0 aromatic carbocycles. The number of aliphatic imine (C=N–C) groups is 1. The van der Waals surface area contributed by atoms with Gasteiger partial charge in [-0.05, 0) is 45.6 Å². The summed E-state index contributed by atoms with van der Waals surface area (Å²) in [5.41, 5.74) is 8.32. The Kier molecular flexibility index (Phi) is 5.55. The molecule has 1 saturated carbocycles. The second-order valence-corrected chi connectivity index (χ2v) is 5.88. The molecule has 1 fully saturated rings. The van der Waals surface area contributed by atoms with Crippen LogP contribution in [0, 0.1) is 6.92 Å². The van der Waals surface area contributed by atoms with Crippen LogP contribution in [-0.4, -0.2) is 40.6 Å². The summed E-state index contributed by atoms with van der Waals surface area (Å²) in [5, 5.41) is 0. The molecule has 1 aromatic rings. The van der Waals surface area contributed by atoms with Crippen molar-refractivity contribution in [2.75, 3.05) is 6.54 Å². The van der Waals surface area contributed by atoms with Crippen LogP contribution < -0.4 is 5.73 Å². The molecule has 5 heteroatoms. The molecular weight excluding hydrogens is 276 g/mol. The molecule has 0 spiro atoms. The van der Waals surface area contributed by atoms with Gasteiger partial charge in [-0.25, -0.2) is 0 Å². The highest BCUT2D eigenvalue weighted by Gasteiger charge is 2.28. The molecule has 0 unspecified atom stereocenters. The van der Waals surface area contributed by atoms with Gasteiger partial charge in [0, 0.05) is 30.5 Å². The van der Waals surface area contributed by atoms with E-state index in [1.54, 1.807) is 12.3 Å². The number of amides is 1. The molecule has 3 N–H and O–H groups in total. The summed E-state index contributed by atoms with van der Waals surface area (Å²) in [6.07, 6.45) is 7.32. The lowest BCUT2D eigenvalue weighted by atomic mass is 9.90. The number of carbonyl (C=O) groups excluding carboxylic acids is 1. The van der Waals surface area contributed by atoms with Gasteiger partial charge in [-0.1, -0.05) is 12.7 Å². The normalized spacial score (nSPS) is 22.0. The zero-order chi connectivity index (χ0) is 16.1. The Morgan fingerprint density at radius 2 is 2.36 bits per heavy atom. The maximum atomic E-state index is 12.8. The Morgan fingerprint density at radius 1 is 1.59 bits per heavy atom. The van der Waals surface area contributed by atoms with Gasteiger partial charge in [-0.2, -0.15) is 0 Å². The molecule has 1 heterocycles. The number of nitrogens with one attached hydrogen (secondary N) is 1. The number of allylic oxidation sites excluding steroid dienone is 1. The van der Waals surface area contributed by atoms with E-state index in [9.17, 15) is 4.79 Å². The van der Waals surface area contributed by atoms with Crippen molar-refractivity contribution in [3.05, 3.63) is 30.1 Å². The van der Waals surface area contributed by atoms with E-state index >= 15 is 0 Å². The van der Waals surface area contributed by atoms with Crippen LogP contribution in [0.25, 0.3) is 0 Å². The maximum Gasteiger partial charge on any atom is 0.270 e. The van der Waals surface area contributed by atoms with Crippen LogP contribution in [0.3, 0.4) is 0 Å². The van der Waals surface area contributed by atoms with E-state index in [2.05, 4.69) is 16.6 Å². The molecule has 1 aliphatic rings. The van der Waals surface area contributed by atoms with Crippen molar-refractivity contribution in [1.29, 1.82) is 0 Å². The molecule has 0 bridgehead atoms. The number of hydrogen-bond acceptors (Lipinski definition) is 3. The number of hydrogen-bond donors (Lipinski definition) is 2. The zero-order valence-corrected chi connectivity index (χ0v) is 13.5. The second kappa shape index (κ2) is 7.40. The van der Waals surface area contributed by atoms with Gasteiger partial charge in [0.1, 0.15) is 5.69 Å². The van der Waals surface area contributed by atoms with Crippen molar-refractivity contribution in [3.63, 3.8) is 0 Å². The van der Waals surface area contributed by atoms with E-state index in [1.807, 2.05) is 24.8 Å². The number of rotatable bonds is 5. The van der Waals surface area contributed by atoms with E-state index in [-0.39, 0.29) is 18.0 Å². The first-order valence-corrected chi connectivity index (χ1v) is 7.98. The minimum Gasteiger partial charge on any atom is -0.353 e. The molecular formula is C17H26N4O. The largest absolute Gasteiger partial charge is 0.353 e. The third-order valence-corrected chi connectivity index (χ3v) is 4.27. The van der Waals surface area contributed by atoms with Gasteiger partial charge < -0.3 is 15.6 Å². The summed E-state index contributed by atoms with van der Waals surface area (Å²) in [7, 11) is 0. The third-order valence-electron chi connectivity index (χ3n) is 4.27. The molecule has 1 aliphatic carbocycles. The highest BCUT2D eigenvalue weighted by atomic mass is 16.2. The lowest BCUT2D eigenvalue weighted by Crippen LogP contribution is -2.45. The first-order valence-electron chi connectivity index (χ1n) is 7.98. The van der Waals surface area contributed by atoms with Gasteiger partial charge in [-0.15, -0.1) is 0 Å². The van der Waals surface area contributed by atoms with Crippen LogP contribution in [0.4, 0.5) is 5.69 Å². The molecule has 2 rings (SSSR count). The number of aromatic nitrogens is 1. The van der Waals surface area contributed by atoms with Gasteiger partial charge in [0.2, 0.25) is 0 Å². The van der Waals surface area contributed by atoms with E-state index < -0.39 is 0 Å². The lowest BCUT2D eigenvalue weighted by molar-refractivity contribution is 0.0633. The van der Waals surface area contributed by atoms with E-state index in [1.165, 1.54) is 0 Å². The van der Waals surface area contributed by atoms with E-state index in [0.29, 0.717) is 12.2 Å². The van der Waals surface area contributed by atoms with Crippen LogP contribution in [0.1, 0.15) is 48.8 Å². The van der Waals surface area contributed by atoms with Crippen LogP contribution in [0.2, 0.25) is 0 Å². The van der Waals surface area contributed by atoms with Crippen molar-refractivity contribution in [2.24, 2.45) is 10.7 Å². The minimum atomic E-state index is 0.0322. The minimum absolute atomic E-state index is 0.0322. The Morgan fingerprint density at radius 3 is 3.00 bits per heavy atom. The van der Waals surface area contributed by atoms with Crippen LogP contribution in [0.5, 0.6) is 0 Å². The average Bonchev–Trinajstić information content (AvgIpc) is 2.87. The number of carbonyl (C=O) groups is 1. The fourth-order valence-electron chi connectivity index (χ4n) is 3.14. The molecule has 0 radical (unpaired) electrons. The number of aromatic amines is 1. The monoisotopic (exact) mass is 302 g/mol. The molecule has 22 heavy (non-hydrogen) atoms. The lowest BCUT2D eigenvalue weighted by Gasteiger charge is -2.35. The SMILES string of the molecule is C=CC=Nc1cc(C(=O)N(CC)[C@H]2CCC[C@@H](N)C2)[nH]c1C. The zero-order valence-electron chi connectivity index (χ0n) is 13.5. The molecule has 1 amide bonds. The summed E-state index contributed by atoms with van der Waals surface area (Å²) >= 11 is 0. The number of aryl methyl sites for hydroxylation is 1.